The first-order chi connectivity index (χ1) is 9.83. The molecule has 0 bridgehead atoms. The number of nitrogens with zero attached hydrogens (tertiary/aromatic N) is 1. The Morgan fingerprint density at radius 2 is 1.85 bits per heavy atom. The highest BCUT2D eigenvalue weighted by atomic mass is 16.5. The third-order valence-corrected chi connectivity index (χ3v) is 3.76. The summed E-state index contributed by atoms with van der Waals surface area (Å²) in [5, 5.41) is 0. The predicted molar refractivity (Wildman–Crippen MR) is 76.2 cm³/mol. The summed E-state index contributed by atoms with van der Waals surface area (Å²) in [4.78, 5) is 14.2. The van der Waals surface area contributed by atoms with Crippen LogP contribution in [0.2, 0.25) is 0 Å². The fourth-order valence-electron chi connectivity index (χ4n) is 2.73. The van der Waals surface area contributed by atoms with E-state index in [1.54, 1.807) is 4.90 Å². The molecule has 0 N–H and O–H groups in total. The number of rotatable bonds is 1. The third-order valence-electron chi connectivity index (χ3n) is 3.76. The van der Waals surface area contributed by atoms with Gasteiger partial charge in [-0.1, -0.05) is 36.4 Å². The molecule has 20 heavy (non-hydrogen) atoms. The van der Waals surface area contributed by atoms with Crippen LogP contribution in [0.4, 0.5) is 0 Å². The van der Waals surface area contributed by atoms with Gasteiger partial charge in [-0.15, -0.1) is 0 Å². The van der Waals surface area contributed by atoms with E-state index in [1.165, 1.54) is 0 Å². The average Bonchev–Trinajstić information content (AvgIpc) is 2.84. The molecule has 0 saturated heterocycles. The third kappa shape index (κ3) is 1.63. The molecule has 0 fully saturated rings. The fourth-order valence-corrected chi connectivity index (χ4v) is 2.73. The summed E-state index contributed by atoms with van der Waals surface area (Å²) in [6.45, 7) is 0.603. The predicted octanol–water partition coefficient (Wildman–Crippen LogP) is 3.07. The first-order valence-corrected chi connectivity index (χ1v) is 6.66. The van der Waals surface area contributed by atoms with Gasteiger partial charge in [0.2, 0.25) is 0 Å². The van der Waals surface area contributed by atoms with Gasteiger partial charge in [0.05, 0.1) is 6.54 Å². The normalized spacial score (nSPS) is 19.5. The number of carbonyl (C=O) groups is 1. The number of carbonyl (C=O) groups excluding carboxylic acids is 1. The summed E-state index contributed by atoms with van der Waals surface area (Å²) >= 11 is 0. The Morgan fingerprint density at radius 3 is 2.75 bits per heavy atom. The molecule has 0 aliphatic carbocycles. The molecule has 0 spiro atoms. The van der Waals surface area contributed by atoms with Crippen molar-refractivity contribution in [1.82, 2.24) is 4.90 Å². The summed E-state index contributed by atoms with van der Waals surface area (Å²) in [5.41, 5.74) is 2.89. The van der Waals surface area contributed by atoms with Crippen LogP contribution in [0.15, 0.2) is 54.6 Å². The van der Waals surface area contributed by atoms with Gasteiger partial charge in [-0.2, -0.15) is 0 Å². The van der Waals surface area contributed by atoms with Crippen molar-refractivity contribution < 1.29 is 9.53 Å². The summed E-state index contributed by atoms with van der Waals surface area (Å²) in [7, 11) is 0. The van der Waals surface area contributed by atoms with E-state index in [4.69, 9.17) is 4.74 Å². The van der Waals surface area contributed by atoms with E-state index >= 15 is 0 Å². The minimum Gasteiger partial charge on any atom is -0.466 e. The molecule has 3 heteroatoms. The van der Waals surface area contributed by atoms with Crippen LogP contribution in [0.5, 0.6) is 5.75 Å². The van der Waals surface area contributed by atoms with Gasteiger partial charge >= 0.3 is 0 Å². The molecule has 2 aromatic carbocycles. The van der Waals surface area contributed by atoms with Gasteiger partial charge in [0.25, 0.3) is 5.91 Å². The van der Waals surface area contributed by atoms with Crippen molar-refractivity contribution in [2.75, 3.05) is 0 Å². The highest BCUT2D eigenvalue weighted by Gasteiger charge is 2.33. The molecule has 2 heterocycles. The number of amides is 1. The van der Waals surface area contributed by atoms with Gasteiger partial charge in [-0.3, -0.25) is 9.69 Å². The molecule has 2 aliphatic heterocycles. The zero-order valence-electron chi connectivity index (χ0n) is 10.8. The standard InChI is InChI=1S/C17H13NO2/c19-17-14-7-3-1-6-13(14)11-18(17)16-10-9-12-5-2-4-8-15(12)20-16/h1-10,16H,11H2. The fraction of sp³-hybridized carbons (Fsp3) is 0.118. The van der Waals surface area contributed by atoms with Crippen LogP contribution in [0.1, 0.15) is 21.5 Å². The minimum absolute atomic E-state index is 0.0367. The quantitative estimate of drug-likeness (QED) is 0.791. The monoisotopic (exact) mass is 263 g/mol. The number of para-hydroxylation sites is 1. The zero-order chi connectivity index (χ0) is 13.5. The lowest BCUT2D eigenvalue weighted by molar-refractivity contribution is 0.0414. The van der Waals surface area contributed by atoms with Gasteiger partial charge < -0.3 is 4.74 Å². The smallest absolute Gasteiger partial charge is 0.257 e. The number of ether oxygens (including phenoxy) is 1. The summed E-state index contributed by atoms with van der Waals surface area (Å²) in [6, 6.07) is 15.6. The molecule has 3 nitrogen and oxygen atoms in total. The number of benzene rings is 2. The highest BCUT2D eigenvalue weighted by molar-refractivity contribution is 5.98. The summed E-state index contributed by atoms with van der Waals surface area (Å²) in [6.07, 6.45) is 3.62. The molecule has 4 rings (SSSR count). The van der Waals surface area contributed by atoms with Crippen molar-refractivity contribution in [3.8, 4) is 5.75 Å². The molecule has 0 radical (unpaired) electrons. The number of hydrogen-bond donors (Lipinski definition) is 0. The van der Waals surface area contributed by atoms with Crippen molar-refractivity contribution in [3.63, 3.8) is 0 Å². The lowest BCUT2D eigenvalue weighted by atomic mass is 10.1. The topological polar surface area (TPSA) is 29.5 Å². The molecule has 0 saturated carbocycles. The Kier molecular flexibility index (Phi) is 2.39. The lowest BCUT2D eigenvalue weighted by Gasteiger charge is -2.29. The maximum atomic E-state index is 12.4. The molecule has 2 aromatic rings. The molecule has 0 aromatic heterocycles. The van der Waals surface area contributed by atoms with Crippen LogP contribution in [0, 0.1) is 0 Å². The average molecular weight is 263 g/mol. The van der Waals surface area contributed by atoms with Crippen molar-refractivity contribution in [2.45, 2.75) is 12.8 Å². The van der Waals surface area contributed by atoms with Crippen molar-refractivity contribution in [2.24, 2.45) is 0 Å². The van der Waals surface area contributed by atoms with Gasteiger partial charge in [0, 0.05) is 11.1 Å². The second-order valence-electron chi connectivity index (χ2n) is 5.00. The van der Waals surface area contributed by atoms with Crippen molar-refractivity contribution in [1.29, 1.82) is 0 Å². The second kappa shape index (κ2) is 4.23. The van der Waals surface area contributed by atoms with Crippen LogP contribution >= 0.6 is 0 Å². The Labute approximate surface area is 117 Å². The highest BCUT2D eigenvalue weighted by Crippen LogP contribution is 2.31. The maximum absolute atomic E-state index is 12.4. The van der Waals surface area contributed by atoms with Crippen LogP contribution in [0.25, 0.3) is 6.08 Å². The van der Waals surface area contributed by atoms with Crippen LogP contribution in [-0.4, -0.2) is 17.0 Å². The van der Waals surface area contributed by atoms with Gasteiger partial charge in [-0.05, 0) is 29.8 Å². The van der Waals surface area contributed by atoms with E-state index in [1.807, 2.05) is 60.7 Å². The molecule has 1 unspecified atom stereocenters. The largest absolute Gasteiger partial charge is 0.466 e. The first kappa shape index (κ1) is 11.3. The Balaban J connectivity index is 1.65. The summed E-state index contributed by atoms with van der Waals surface area (Å²) < 4.78 is 5.94. The Morgan fingerprint density at radius 1 is 1.05 bits per heavy atom. The van der Waals surface area contributed by atoms with Crippen molar-refractivity contribution in [3.05, 3.63) is 71.3 Å². The lowest BCUT2D eigenvalue weighted by Crippen LogP contribution is -2.39. The van der Waals surface area contributed by atoms with Crippen LogP contribution < -0.4 is 4.74 Å². The summed E-state index contributed by atoms with van der Waals surface area (Å²) in [5.74, 6) is 0.860. The molecular weight excluding hydrogens is 250 g/mol. The Bertz CT molecular complexity index is 720. The van der Waals surface area contributed by atoms with E-state index in [9.17, 15) is 4.79 Å². The van der Waals surface area contributed by atoms with E-state index in [2.05, 4.69) is 0 Å². The zero-order valence-corrected chi connectivity index (χ0v) is 10.8. The van der Waals surface area contributed by atoms with E-state index in [0.29, 0.717) is 6.54 Å². The number of hydrogen-bond acceptors (Lipinski definition) is 2. The molecule has 1 amide bonds. The molecule has 98 valence electrons. The molecule has 1 atom stereocenters. The van der Waals surface area contributed by atoms with E-state index in [0.717, 1.165) is 22.4 Å². The molecule has 2 aliphatic rings. The van der Waals surface area contributed by atoms with Gasteiger partial charge in [-0.25, -0.2) is 0 Å². The van der Waals surface area contributed by atoms with Crippen LogP contribution in [0.3, 0.4) is 0 Å². The van der Waals surface area contributed by atoms with Gasteiger partial charge in [0.15, 0.2) is 6.23 Å². The van der Waals surface area contributed by atoms with Crippen molar-refractivity contribution >= 4 is 12.0 Å². The van der Waals surface area contributed by atoms with Gasteiger partial charge in [0.1, 0.15) is 5.75 Å². The molecular formula is C17H13NO2. The van der Waals surface area contributed by atoms with E-state index in [-0.39, 0.29) is 12.1 Å². The van der Waals surface area contributed by atoms with Crippen LogP contribution in [-0.2, 0) is 6.54 Å². The van der Waals surface area contributed by atoms with E-state index < -0.39 is 0 Å². The maximum Gasteiger partial charge on any atom is 0.257 e. The SMILES string of the molecule is O=C1c2ccccc2CN1C1C=Cc2ccccc2O1. The minimum atomic E-state index is -0.329. The second-order valence-corrected chi connectivity index (χ2v) is 5.00. The number of fused-ring (bicyclic) bond motifs is 2. The first-order valence-electron chi connectivity index (χ1n) is 6.66. The Hall–Kier alpha value is -2.55.